The molecular formula is C13H18N2O3. The van der Waals surface area contributed by atoms with Crippen LogP contribution in [0.25, 0.3) is 0 Å². The quantitative estimate of drug-likeness (QED) is 0.814. The van der Waals surface area contributed by atoms with Crippen molar-refractivity contribution in [1.29, 1.82) is 0 Å². The molecule has 2 atom stereocenters. The van der Waals surface area contributed by atoms with Crippen LogP contribution in [0.5, 0.6) is 0 Å². The fourth-order valence-corrected chi connectivity index (χ4v) is 2.37. The highest BCUT2D eigenvalue weighted by atomic mass is 16.3. The molecule has 2 N–H and O–H groups in total. The van der Waals surface area contributed by atoms with Gasteiger partial charge in [-0.1, -0.05) is 0 Å². The third-order valence-corrected chi connectivity index (χ3v) is 3.57. The molecule has 1 fully saturated rings. The lowest BCUT2D eigenvalue weighted by Crippen LogP contribution is -2.45. The van der Waals surface area contributed by atoms with Crippen molar-refractivity contribution in [2.75, 3.05) is 6.54 Å². The number of primary amides is 1. The molecule has 1 aromatic heterocycles. The number of furan rings is 1. The summed E-state index contributed by atoms with van der Waals surface area (Å²) in [6.07, 6.45) is 2.49. The second-order valence-electron chi connectivity index (χ2n) is 4.88. The zero-order valence-electron chi connectivity index (χ0n) is 10.5. The summed E-state index contributed by atoms with van der Waals surface area (Å²) >= 11 is 0. The Labute approximate surface area is 106 Å². The molecule has 1 amide bonds. The Balaban J connectivity index is 2.01. The molecular weight excluding hydrogens is 232 g/mol. The average Bonchev–Trinajstić information content (AvgIpc) is 2.79. The molecule has 2 rings (SSSR count). The van der Waals surface area contributed by atoms with Gasteiger partial charge in [0.1, 0.15) is 5.76 Å². The van der Waals surface area contributed by atoms with Gasteiger partial charge in [0.15, 0.2) is 12.0 Å². The molecule has 5 heteroatoms. The van der Waals surface area contributed by atoms with Crippen LogP contribution in [0.3, 0.4) is 0 Å². The summed E-state index contributed by atoms with van der Waals surface area (Å²) < 4.78 is 5.35. The molecule has 1 aliphatic rings. The minimum atomic E-state index is -0.236. The van der Waals surface area contributed by atoms with E-state index in [0.717, 1.165) is 18.6 Å². The number of amides is 1. The summed E-state index contributed by atoms with van der Waals surface area (Å²) in [7, 11) is 0. The van der Waals surface area contributed by atoms with Gasteiger partial charge in [0.25, 0.3) is 0 Å². The van der Waals surface area contributed by atoms with E-state index in [1.807, 2.05) is 0 Å². The molecule has 2 heterocycles. The predicted octanol–water partition coefficient (Wildman–Crippen LogP) is 1.18. The van der Waals surface area contributed by atoms with Crippen LogP contribution in [-0.4, -0.2) is 29.7 Å². The van der Waals surface area contributed by atoms with Crippen molar-refractivity contribution in [2.24, 2.45) is 11.7 Å². The summed E-state index contributed by atoms with van der Waals surface area (Å²) in [5.41, 5.74) is 5.36. The fraction of sp³-hybridized carbons (Fsp3) is 0.538. The summed E-state index contributed by atoms with van der Waals surface area (Å²) in [6.45, 7) is 3.40. The number of hydrogen-bond donors (Lipinski definition) is 1. The highest BCUT2D eigenvalue weighted by Gasteiger charge is 2.28. The lowest BCUT2D eigenvalue weighted by atomic mass is 9.93. The lowest BCUT2D eigenvalue weighted by molar-refractivity contribution is -0.124. The third-order valence-electron chi connectivity index (χ3n) is 3.57. The van der Waals surface area contributed by atoms with Crippen molar-refractivity contribution >= 4 is 12.2 Å². The number of rotatable bonds is 4. The van der Waals surface area contributed by atoms with Crippen molar-refractivity contribution < 1.29 is 14.0 Å². The maximum atomic E-state index is 11.2. The van der Waals surface area contributed by atoms with Gasteiger partial charge < -0.3 is 10.2 Å². The molecule has 5 nitrogen and oxygen atoms in total. The van der Waals surface area contributed by atoms with Crippen LogP contribution >= 0.6 is 0 Å². The molecule has 1 saturated heterocycles. The minimum absolute atomic E-state index is 0.0818. The maximum absolute atomic E-state index is 11.2. The SMILES string of the molecule is CC1CCC(C(N)=O)CN1Cc1ccc(C=O)o1. The Hall–Kier alpha value is -1.62. The van der Waals surface area contributed by atoms with Gasteiger partial charge in [0.2, 0.25) is 5.91 Å². The van der Waals surface area contributed by atoms with E-state index in [9.17, 15) is 9.59 Å². The van der Waals surface area contributed by atoms with E-state index in [2.05, 4.69) is 11.8 Å². The highest BCUT2D eigenvalue weighted by molar-refractivity contribution is 5.77. The van der Waals surface area contributed by atoms with Crippen molar-refractivity contribution in [3.8, 4) is 0 Å². The normalized spacial score (nSPS) is 24.9. The largest absolute Gasteiger partial charge is 0.457 e. The Bertz CT molecular complexity index is 441. The molecule has 18 heavy (non-hydrogen) atoms. The number of nitrogens with two attached hydrogens (primary N) is 1. The van der Waals surface area contributed by atoms with Crippen LogP contribution in [-0.2, 0) is 11.3 Å². The van der Waals surface area contributed by atoms with Crippen LogP contribution in [0.15, 0.2) is 16.5 Å². The monoisotopic (exact) mass is 250 g/mol. The van der Waals surface area contributed by atoms with Gasteiger partial charge in [-0.3, -0.25) is 14.5 Å². The maximum Gasteiger partial charge on any atom is 0.221 e. The topological polar surface area (TPSA) is 76.5 Å². The van der Waals surface area contributed by atoms with Crippen molar-refractivity contribution in [3.05, 3.63) is 23.7 Å². The average molecular weight is 250 g/mol. The van der Waals surface area contributed by atoms with E-state index in [1.54, 1.807) is 12.1 Å². The van der Waals surface area contributed by atoms with Crippen LogP contribution < -0.4 is 5.73 Å². The summed E-state index contributed by atoms with van der Waals surface area (Å²) in [5.74, 6) is 0.761. The Kier molecular flexibility index (Phi) is 3.81. The van der Waals surface area contributed by atoms with E-state index in [4.69, 9.17) is 10.2 Å². The molecule has 0 saturated carbocycles. The molecule has 0 aliphatic carbocycles. The van der Waals surface area contributed by atoms with Crippen LogP contribution in [0.4, 0.5) is 0 Å². The zero-order chi connectivity index (χ0) is 13.1. The van der Waals surface area contributed by atoms with Crippen molar-refractivity contribution in [1.82, 2.24) is 4.90 Å². The second-order valence-corrected chi connectivity index (χ2v) is 4.88. The first-order chi connectivity index (χ1) is 8.60. The van der Waals surface area contributed by atoms with Crippen LogP contribution in [0.2, 0.25) is 0 Å². The number of aldehydes is 1. The Morgan fingerprint density at radius 1 is 1.56 bits per heavy atom. The molecule has 0 bridgehead atoms. The van der Waals surface area contributed by atoms with Crippen molar-refractivity contribution in [3.63, 3.8) is 0 Å². The molecule has 0 aromatic carbocycles. The summed E-state index contributed by atoms with van der Waals surface area (Å²) in [4.78, 5) is 24.0. The fourth-order valence-electron chi connectivity index (χ4n) is 2.37. The molecule has 0 radical (unpaired) electrons. The van der Waals surface area contributed by atoms with E-state index in [1.165, 1.54) is 0 Å². The van der Waals surface area contributed by atoms with Gasteiger partial charge in [-0.15, -0.1) is 0 Å². The minimum Gasteiger partial charge on any atom is -0.457 e. The molecule has 2 unspecified atom stereocenters. The first-order valence-corrected chi connectivity index (χ1v) is 6.17. The van der Waals surface area contributed by atoms with Gasteiger partial charge in [0, 0.05) is 12.6 Å². The van der Waals surface area contributed by atoms with E-state index < -0.39 is 0 Å². The van der Waals surface area contributed by atoms with Crippen LogP contribution in [0.1, 0.15) is 36.1 Å². The molecule has 1 aliphatic heterocycles. The number of likely N-dealkylation sites (tertiary alicyclic amines) is 1. The highest BCUT2D eigenvalue weighted by Crippen LogP contribution is 2.23. The Morgan fingerprint density at radius 2 is 2.33 bits per heavy atom. The second kappa shape index (κ2) is 5.35. The van der Waals surface area contributed by atoms with Gasteiger partial charge in [-0.25, -0.2) is 0 Å². The van der Waals surface area contributed by atoms with Gasteiger partial charge >= 0.3 is 0 Å². The van der Waals surface area contributed by atoms with E-state index in [-0.39, 0.29) is 11.8 Å². The first-order valence-electron chi connectivity index (χ1n) is 6.17. The van der Waals surface area contributed by atoms with Crippen LogP contribution in [0, 0.1) is 5.92 Å². The smallest absolute Gasteiger partial charge is 0.221 e. The number of piperidine rings is 1. The summed E-state index contributed by atoms with van der Waals surface area (Å²) in [5, 5.41) is 0. The zero-order valence-corrected chi connectivity index (χ0v) is 10.5. The molecule has 1 aromatic rings. The van der Waals surface area contributed by atoms with Gasteiger partial charge in [-0.2, -0.15) is 0 Å². The lowest BCUT2D eigenvalue weighted by Gasteiger charge is -2.36. The van der Waals surface area contributed by atoms with Gasteiger partial charge in [-0.05, 0) is 31.9 Å². The predicted molar refractivity (Wildman–Crippen MR) is 65.9 cm³/mol. The third kappa shape index (κ3) is 2.79. The standard InChI is InChI=1S/C13H18N2O3/c1-9-2-3-10(13(14)17)6-15(9)7-11-4-5-12(8-16)18-11/h4-5,8-10H,2-3,6-7H2,1H3,(H2,14,17). The number of nitrogens with zero attached hydrogens (tertiary/aromatic N) is 1. The first kappa shape index (κ1) is 12.8. The number of carbonyl (C=O) groups excluding carboxylic acids is 2. The van der Waals surface area contributed by atoms with E-state index in [0.29, 0.717) is 31.2 Å². The van der Waals surface area contributed by atoms with E-state index >= 15 is 0 Å². The molecule has 98 valence electrons. The van der Waals surface area contributed by atoms with Crippen molar-refractivity contribution in [2.45, 2.75) is 32.4 Å². The number of carbonyl (C=O) groups is 2. The van der Waals surface area contributed by atoms with Gasteiger partial charge in [0.05, 0.1) is 12.5 Å². The number of hydrogen-bond acceptors (Lipinski definition) is 4. The molecule has 0 spiro atoms. The Morgan fingerprint density at radius 3 is 2.94 bits per heavy atom. The summed E-state index contributed by atoms with van der Waals surface area (Å²) in [6, 6.07) is 3.85.